The molecule has 0 heterocycles. The molecule has 0 aliphatic rings. The summed E-state index contributed by atoms with van der Waals surface area (Å²) >= 11 is 11.7. The van der Waals surface area contributed by atoms with E-state index in [1.807, 2.05) is 0 Å². The van der Waals surface area contributed by atoms with E-state index in [0.29, 0.717) is 5.02 Å². The van der Waals surface area contributed by atoms with Gasteiger partial charge in [0.15, 0.2) is 6.10 Å². The fraction of sp³-hybridized carbons (Fsp3) is 0.176. The minimum Gasteiger partial charge on any atom is -0.496 e. The van der Waals surface area contributed by atoms with Crippen LogP contribution in [0.2, 0.25) is 10.0 Å². The zero-order chi connectivity index (χ0) is 18.6. The van der Waals surface area contributed by atoms with Crippen molar-refractivity contribution in [3.8, 4) is 5.75 Å². The van der Waals surface area contributed by atoms with E-state index in [2.05, 4.69) is 5.32 Å². The summed E-state index contributed by atoms with van der Waals surface area (Å²) in [5.74, 6) is -1.66. The number of hydrogen-bond donors (Lipinski definition) is 1. The van der Waals surface area contributed by atoms with Gasteiger partial charge in [0.25, 0.3) is 5.91 Å². The fourth-order valence-corrected chi connectivity index (χ4v) is 2.33. The molecule has 0 unspecified atom stereocenters. The number of nitrogens with one attached hydrogen (secondary N) is 1. The summed E-state index contributed by atoms with van der Waals surface area (Å²) < 4.78 is 23.2. The maximum atomic E-state index is 13.0. The highest BCUT2D eigenvalue weighted by molar-refractivity contribution is 6.33. The van der Waals surface area contributed by atoms with Crippen molar-refractivity contribution in [1.29, 1.82) is 0 Å². The van der Waals surface area contributed by atoms with Crippen LogP contribution < -0.4 is 10.1 Å². The predicted molar refractivity (Wildman–Crippen MR) is 92.9 cm³/mol. The molecule has 5 nitrogen and oxygen atoms in total. The number of amides is 1. The van der Waals surface area contributed by atoms with E-state index in [1.54, 1.807) is 6.07 Å². The number of esters is 1. The third-order valence-corrected chi connectivity index (χ3v) is 3.77. The van der Waals surface area contributed by atoms with Gasteiger partial charge in [0, 0.05) is 5.02 Å². The van der Waals surface area contributed by atoms with Crippen LogP contribution in [0.3, 0.4) is 0 Å². The van der Waals surface area contributed by atoms with Gasteiger partial charge in [-0.3, -0.25) is 4.79 Å². The number of carbonyl (C=O) groups is 2. The number of hydrogen-bond acceptors (Lipinski definition) is 4. The molecule has 0 fully saturated rings. The van der Waals surface area contributed by atoms with Crippen LogP contribution in [0.25, 0.3) is 0 Å². The van der Waals surface area contributed by atoms with E-state index in [-0.39, 0.29) is 22.0 Å². The lowest BCUT2D eigenvalue weighted by molar-refractivity contribution is -0.123. The number of anilines is 1. The van der Waals surface area contributed by atoms with Crippen LogP contribution in [-0.2, 0) is 9.53 Å². The molecule has 0 saturated carbocycles. The average Bonchev–Trinajstić information content (AvgIpc) is 2.57. The van der Waals surface area contributed by atoms with Crippen molar-refractivity contribution < 1.29 is 23.5 Å². The summed E-state index contributed by atoms with van der Waals surface area (Å²) in [6.07, 6.45) is -1.13. The van der Waals surface area contributed by atoms with Crippen molar-refractivity contribution in [1.82, 2.24) is 0 Å². The van der Waals surface area contributed by atoms with Crippen LogP contribution in [0.15, 0.2) is 36.4 Å². The number of halogens is 3. The van der Waals surface area contributed by atoms with Gasteiger partial charge in [0.1, 0.15) is 17.1 Å². The molecule has 132 valence electrons. The standard InChI is InChI=1S/C17H14Cl2FNO4/c1-9(16(22)21-14-5-4-11(20)8-13(14)19)25-17(23)12-7-10(18)3-6-15(12)24-2/h3-9H,1-2H3,(H,21,22)/t9-/m0/s1. The van der Waals surface area contributed by atoms with Gasteiger partial charge >= 0.3 is 5.97 Å². The van der Waals surface area contributed by atoms with Gasteiger partial charge in [0.05, 0.1) is 17.8 Å². The third kappa shape index (κ3) is 4.84. The van der Waals surface area contributed by atoms with E-state index >= 15 is 0 Å². The van der Waals surface area contributed by atoms with Gasteiger partial charge in [-0.2, -0.15) is 0 Å². The normalized spacial score (nSPS) is 11.6. The minimum absolute atomic E-state index is 0.0309. The first-order chi connectivity index (χ1) is 11.8. The Balaban J connectivity index is 2.08. The van der Waals surface area contributed by atoms with Crippen molar-refractivity contribution in [2.45, 2.75) is 13.0 Å². The number of rotatable bonds is 5. The summed E-state index contributed by atoms with van der Waals surface area (Å²) in [5, 5.41) is 2.82. The molecule has 25 heavy (non-hydrogen) atoms. The summed E-state index contributed by atoms with van der Waals surface area (Å²) in [4.78, 5) is 24.4. The lowest BCUT2D eigenvalue weighted by Crippen LogP contribution is -2.30. The second kappa shape index (κ2) is 8.18. The van der Waals surface area contributed by atoms with Crippen molar-refractivity contribution in [3.05, 3.63) is 57.8 Å². The van der Waals surface area contributed by atoms with E-state index in [1.165, 1.54) is 32.2 Å². The lowest BCUT2D eigenvalue weighted by atomic mass is 10.2. The molecule has 2 aromatic carbocycles. The van der Waals surface area contributed by atoms with Crippen molar-refractivity contribution in [2.75, 3.05) is 12.4 Å². The molecule has 0 radical (unpaired) electrons. The third-order valence-electron chi connectivity index (χ3n) is 3.22. The Labute approximate surface area is 153 Å². The molecule has 0 bridgehead atoms. The van der Waals surface area contributed by atoms with Crippen LogP contribution in [0.5, 0.6) is 5.75 Å². The molecule has 0 saturated heterocycles. The second-order valence-electron chi connectivity index (χ2n) is 5.01. The quantitative estimate of drug-likeness (QED) is 0.778. The first-order valence-electron chi connectivity index (χ1n) is 7.12. The number of methoxy groups -OCH3 is 1. The summed E-state index contributed by atoms with van der Waals surface area (Å²) in [7, 11) is 1.40. The van der Waals surface area contributed by atoms with Crippen LogP contribution in [0, 0.1) is 5.82 Å². The highest BCUT2D eigenvalue weighted by Gasteiger charge is 2.22. The maximum Gasteiger partial charge on any atom is 0.342 e. The Bertz CT molecular complexity index is 813. The Morgan fingerprint density at radius 3 is 2.52 bits per heavy atom. The molecular weight excluding hydrogens is 372 g/mol. The predicted octanol–water partition coefficient (Wildman–Crippen LogP) is 4.33. The van der Waals surface area contributed by atoms with E-state index in [4.69, 9.17) is 32.7 Å². The number of ether oxygens (including phenoxy) is 2. The van der Waals surface area contributed by atoms with Crippen LogP contribution in [0.4, 0.5) is 10.1 Å². The SMILES string of the molecule is COc1ccc(Cl)cc1C(=O)O[C@@H](C)C(=O)Nc1ccc(F)cc1Cl. The topological polar surface area (TPSA) is 64.6 Å². The molecular formula is C17H14Cl2FNO4. The second-order valence-corrected chi connectivity index (χ2v) is 5.85. The monoisotopic (exact) mass is 385 g/mol. The van der Waals surface area contributed by atoms with Crippen LogP contribution >= 0.6 is 23.2 Å². The largest absolute Gasteiger partial charge is 0.496 e. The van der Waals surface area contributed by atoms with Crippen LogP contribution in [-0.4, -0.2) is 25.1 Å². The van der Waals surface area contributed by atoms with Gasteiger partial charge in [-0.05, 0) is 43.3 Å². The maximum absolute atomic E-state index is 13.0. The van der Waals surface area contributed by atoms with Crippen LogP contribution in [0.1, 0.15) is 17.3 Å². The summed E-state index contributed by atoms with van der Waals surface area (Å²) in [6, 6.07) is 7.97. The smallest absolute Gasteiger partial charge is 0.342 e. The van der Waals surface area contributed by atoms with Gasteiger partial charge in [0.2, 0.25) is 0 Å². The van der Waals surface area contributed by atoms with E-state index in [0.717, 1.165) is 12.1 Å². The molecule has 8 heteroatoms. The number of benzene rings is 2. The summed E-state index contributed by atoms with van der Waals surface area (Å²) in [5.41, 5.74) is 0.297. The van der Waals surface area contributed by atoms with E-state index in [9.17, 15) is 14.0 Å². The highest BCUT2D eigenvalue weighted by Crippen LogP contribution is 2.25. The average molecular weight is 386 g/mol. The van der Waals surface area contributed by atoms with Crippen molar-refractivity contribution in [2.24, 2.45) is 0 Å². The molecule has 1 amide bonds. The molecule has 0 spiro atoms. The Morgan fingerprint density at radius 2 is 1.88 bits per heavy atom. The zero-order valence-electron chi connectivity index (χ0n) is 13.3. The minimum atomic E-state index is -1.13. The molecule has 1 atom stereocenters. The Morgan fingerprint density at radius 1 is 1.16 bits per heavy atom. The molecule has 1 N–H and O–H groups in total. The van der Waals surface area contributed by atoms with E-state index < -0.39 is 23.8 Å². The first-order valence-corrected chi connectivity index (χ1v) is 7.88. The lowest BCUT2D eigenvalue weighted by Gasteiger charge is -2.15. The van der Waals surface area contributed by atoms with Gasteiger partial charge < -0.3 is 14.8 Å². The van der Waals surface area contributed by atoms with Gasteiger partial charge in [-0.1, -0.05) is 23.2 Å². The van der Waals surface area contributed by atoms with Gasteiger partial charge in [-0.15, -0.1) is 0 Å². The highest BCUT2D eigenvalue weighted by atomic mass is 35.5. The Hall–Kier alpha value is -2.31. The summed E-state index contributed by atoms with van der Waals surface area (Å²) in [6.45, 7) is 1.39. The molecule has 0 aliphatic heterocycles. The number of carbonyl (C=O) groups excluding carboxylic acids is 2. The molecule has 0 aliphatic carbocycles. The van der Waals surface area contributed by atoms with Crippen molar-refractivity contribution >= 4 is 40.8 Å². The Kier molecular flexibility index (Phi) is 6.22. The fourth-order valence-electron chi connectivity index (χ4n) is 1.94. The van der Waals surface area contributed by atoms with Gasteiger partial charge in [-0.25, -0.2) is 9.18 Å². The first kappa shape index (κ1) is 19.0. The molecule has 0 aromatic heterocycles. The molecule has 2 rings (SSSR count). The molecule has 2 aromatic rings. The zero-order valence-corrected chi connectivity index (χ0v) is 14.8. The van der Waals surface area contributed by atoms with Crippen molar-refractivity contribution in [3.63, 3.8) is 0 Å².